The van der Waals surface area contributed by atoms with Crippen molar-refractivity contribution < 1.29 is 9.53 Å². The molecule has 8 nitrogen and oxygen atoms in total. The van der Waals surface area contributed by atoms with Gasteiger partial charge in [-0.05, 0) is 12.8 Å². The molecule has 2 heterocycles. The summed E-state index contributed by atoms with van der Waals surface area (Å²) in [5.74, 6) is 1.04. The number of nitrogens with two attached hydrogens (primary N) is 1. The Hall–Kier alpha value is -2.38. The lowest BCUT2D eigenvalue weighted by Gasteiger charge is -2.07. The second-order valence-electron chi connectivity index (χ2n) is 4.74. The lowest BCUT2D eigenvalue weighted by molar-refractivity contribution is -0.122. The van der Waals surface area contributed by atoms with Crippen LogP contribution < -0.4 is 15.8 Å². The summed E-state index contributed by atoms with van der Waals surface area (Å²) in [4.78, 5) is 23.9. The van der Waals surface area contributed by atoms with E-state index >= 15 is 0 Å². The first kappa shape index (κ1) is 12.6. The van der Waals surface area contributed by atoms with Crippen LogP contribution in [0.3, 0.4) is 0 Å². The van der Waals surface area contributed by atoms with Crippen LogP contribution in [0.5, 0.6) is 5.88 Å². The van der Waals surface area contributed by atoms with Crippen molar-refractivity contribution in [3.63, 3.8) is 0 Å². The van der Waals surface area contributed by atoms with E-state index in [1.54, 1.807) is 4.57 Å². The quantitative estimate of drug-likeness (QED) is 0.792. The molecule has 0 aliphatic heterocycles. The second kappa shape index (κ2) is 4.95. The van der Waals surface area contributed by atoms with Crippen molar-refractivity contribution in [2.24, 2.45) is 5.92 Å². The number of methoxy groups -OCH3 is 1. The minimum atomic E-state index is 0.111. The maximum absolute atomic E-state index is 11.6. The molecule has 0 unspecified atom stereocenters. The predicted octanol–water partition coefficient (Wildman–Crippen LogP) is -0.0567. The highest BCUT2D eigenvalue weighted by atomic mass is 16.5. The van der Waals surface area contributed by atoms with E-state index in [0.29, 0.717) is 36.1 Å². The summed E-state index contributed by atoms with van der Waals surface area (Å²) in [6.07, 6.45) is 3.39. The maximum atomic E-state index is 11.6. The molecule has 0 bridgehead atoms. The van der Waals surface area contributed by atoms with Crippen LogP contribution >= 0.6 is 0 Å². The molecule has 0 aromatic carbocycles. The summed E-state index contributed by atoms with van der Waals surface area (Å²) in [6, 6.07) is 0. The highest BCUT2D eigenvalue weighted by Gasteiger charge is 2.29. The van der Waals surface area contributed by atoms with Gasteiger partial charge in [0.1, 0.15) is 6.33 Å². The van der Waals surface area contributed by atoms with Gasteiger partial charge in [0, 0.05) is 19.0 Å². The summed E-state index contributed by atoms with van der Waals surface area (Å²) >= 11 is 0. The highest BCUT2D eigenvalue weighted by Crippen LogP contribution is 2.28. The molecule has 2 aromatic heterocycles. The molecule has 0 spiro atoms. The minimum Gasteiger partial charge on any atom is -0.479 e. The van der Waals surface area contributed by atoms with Crippen molar-refractivity contribution in [2.45, 2.75) is 19.4 Å². The average Bonchev–Trinajstić information content (AvgIpc) is 3.24. The number of hydrogen-bond donors (Lipinski definition) is 2. The number of anilines is 1. The topological polar surface area (TPSA) is 108 Å². The Morgan fingerprint density at radius 1 is 1.55 bits per heavy atom. The molecule has 3 rings (SSSR count). The number of carbonyl (C=O) groups is 1. The van der Waals surface area contributed by atoms with Gasteiger partial charge < -0.3 is 15.8 Å². The van der Waals surface area contributed by atoms with E-state index in [9.17, 15) is 4.79 Å². The molecular weight excluding hydrogens is 260 g/mol. The summed E-state index contributed by atoms with van der Waals surface area (Å²) in [5, 5.41) is 2.89. The average molecular weight is 276 g/mol. The number of nitrogen functional groups attached to an aromatic ring is 1. The number of hydrogen-bond acceptors (Lipinski definition) is 6. The van der Waals surface area contributed by atoms with Crippen LogP contribution in [0.1, 0.15) is 12.8 Å². The molecule has 0 radical (unpaired) electrons. The second-order valence-corrected chi connectivity index (χ2v) is 4.74. The molecule has 3 N–H and O–H groups in total. The minimum absolute atomic E-state index is 0.111. The molecule has 1 amide bonds. The van der Waals surface area contributed by atoms with Crippen molar-refractivity contribution in [2.75, 3.05) is 19.4 Å². The van der Waals surface area contributed by atoms with Gasteiger partial charge in [-0.1, -0.05) is 0 Å². The molecule has 1 saturated carbocycles. The van der Waals surface area contributed by atoms with Crippen molar-refractivity contribution in [3.8, 4) is 5.88 Å². The number of amides is 1. The Labute approximate surface area is 115 Å². The van der Waals surface area contributed by atoms with Crippen molar-refractivity contribution in [3.05, 3.63) is 6.33 Å². The lowest BCUT2D eigenvalue weighted by Crippen LogP contribution is -2.28. The van der Waals surface area contributed by atoms with E-state index in [0.717, 1.165) is 12.8 Å². The fraction of sp³-hybridized carbons (Fsp3) is 0.500. The normalized spacial score (nSPS) is 14.4. The number of fused-ring (bicyclic) bond motifs is 1. The smallest absolute Gasteiger partial charge is 0.245 e. The van der Waals surface area contributed by atoms with Gasteiger partial charge >= 0.3 is 0 Å². The molecule has 1 fully saturated rings. The number of imidazole rings is 1. The number of carbonyl (C=O) groups excluding carboxylic acids is 1. The molecule has 20 heavy (non-hydrogen) atoms. The number of ether oxygens (including phenoxy) is 1. The highest BCUT2D eigenvalue weighted by molar-refractivity contribution is 5.81. The first-order valence-corrected chi connectivity index (χ1v) is 6.49. The fourth-order valence-corrected chi connectivity index (χ4v) is 2.08. The molecule has 106 valence electrons. The first-order valence-electron chi connectivity index (χ1n) is 6.49. The first-order chi connectivity index (χ1) is 9.70. The molecule has 0 saturated heterocycles. The zero-order valence-electron chi connectivity index (χ0n) is 11.2. The van der Waals surface area contributed by atoms with E-state index in [1.165, 1.54) is 13.4 Å². The van der Waals surface area contributed by atoms with Gasteiger partial charge in [0.05, 0.1) is 7.11 Å². The third-order valence-corrected chi connectivity index (χ3v) is 3.30. The van der Waals surface area contributed by atoms with Crippen molar-refractivity contribution >= 4 is 23.0 Å². The number of rotatable bonds is 5. The third-order valence-electron chi connectivity index (χ3n) is 3.30. The van der Waals surface area contributed by atoms with Crippen LogP contribution in [0.2, 0.25) is 0 Å². The van der Waals surface area contributed by atoms with Crippen molar-refractivity contribution in [1.29, 1.82) is 0 Å². The van der Waals surface area contributed by atoms with Crippen molar-refractivity contribution in [1.82, 2.24) is 24.8 Å². The van der Waals surface area contributed by atoms with Gasteiger partial charge in [-0.3, -0.25) is 9.36 Å². The maximum Gasteiger partial charge on any atom is 0.245 e. The SMILES string of the molecule is COc1ncnc2c1nc(N)n2CCNC(=O)C1CC1. The predicted molar refractivity (Wildman–Crippen MR) is 72.0 cm³/mol. The molecule has 2 aromatic rings. The zero-order chi connectivity index (χ0) is 14.1. The third kappa shape index (κ3) is 2.24. The van der Waals surface area contributed by atoms with E-state index < -0.39 is 0 Å². The zero-order valence-corrected chi connectivity index (χ0v) is 11.2. The van der Waals surface area contributed by atoms with Crippen LogP contribution in [0.15, 0.2) is 6.33 Å². The number of nitrogens with one attached hydrogen (secondary N) is 1. The van der Waals surface area contributed by atoms with E-state index in [4.69, 9.17) is 10.5 Å². The lowest BCUT2D eigenvalue weighted by atomic mass is 10.4. The number of nitrogens with zero attached hydrogens (tertiary/aromatic N) is 4. The van der Waals surface area contributed by atoms with Gasteiger partial charge in [-0.25, -0.2) is 9.97 Å². The molecule has 8 heteroatoms. The Kier molecular flexibility index (Phi) is 3.13. The van der Waals surface area contributed by atoms with E-state index in [-0.39, 0.29) is 11.8 Å². The van der Waals surface area contributed by atoms with Crippen LogP contribution in [-0.2, 0) is 11.3 Å². The summed E-state index contributed by atoms with van der Waals surface area (Å²) < 4.78 is 6.87. The monoisotopic (exact) mass is 276 g/mol. The molecule has 1 aliphatic carbocycles. The standard InChI is InChI=1S/C12H16N6O2/c1-20-11-8-9(15-6-16-11)18(12(13)17-8)5-4-14-10(19)7-2-3-7/h6-7H,2-5H2,1H3,(H2,13,17)(H,14,19). The van der Waals surface area contributed by atoms with Gasteiger partial charge in [0.2, 0.25) is 17.7 Å². The molecule has 0 atom stereocenters. The largest absolute Gasteiger partial charge is 0.479 e. The van der Waals surface area contributed by atoms with Gasteiger partial charge in [-0.2, -0.15) is 4.98 Å². The fourth-order valence-electron chi connectivity index (χ4n) is 2.08. The summed E-state index contributed by atoms with van der Waals surface area (Å²) in [6.45, 7) is 1.01. The van der Waals surface area contributed by atoms with Gasteiger partial charge in [0.15, 0.2) is 11.2 Å². The Morgan fingerprint density at radius 3 is 3.05 bits per heavy atom. The van der Waals surface area contributed by atoms with Crippen LogP contribution in [0.25, 0.3) is 11.2 Å². The number of aromatic nitrogens is 4. The van der Waals surface area contributed by atoms with Crippen LogP contribution in [0.4, 0.5) is 5.95 Å². The Bertz CT molecular complexity index is 649. The summed E-state index contributed by atoms with van der Waals surface area (Å²) in [5.41, 5.74) is 7.02. The molecular formula is C12H16N6O2. The Morgan fingerprint density at radius 2 is 2.35 bits per heavy atom. The Balaban J connectivity index is 1.76. The molecule has 1 aliphatic rings. The van der Waals surface area contributed by atoms with Gasteiger partial charge in [0.25, 0.3) is 0 Å². The summed E-state index contributed by atoms with van der Waals surface area (Å²) in [7, 11) is 1.52. The van der Waals surface area contributed by atoms with Crippen LogP contribution in [-0.4, -0.2) is 39.1 Å². The van der Waals surface area contributed by atoms with E-state index in [2.05, 4.69) is 20.3 Å². The van der Waals surface area contributed by atoms with Crippen LogP contribution in [0, 0.1) is 5.92 Å². The van der Waals surface area contributed by atoms with E-state index in [1.807, 2.05) is 0 Å². The van der Waals surface area contributed by atoms with Gasteiger partial charge in [-0.15, -0.1) is 0 Å².